The summed E-state index contributed by atoms with van der Waals surface area (Å²) in [6.45, 7) is 5.28. The van der Waals surface area contributed by atoms with Gasteiger partial charge in [0.05, 0.1) is 24.0 Å². The molecule has 1 aromatic heterocycles. The molecule has 0 aliphatic rings. The molecule has 2 aromatic rings. The summed E-state index contributed by atoms with van der Waals surface area (Å²) in [5, 5.41) is 10.7. The average Bonchev–Trinajstić information content (AvgIpc) is 3.04. The second-order valence-electron chi connectivity index (χ2n) is 5.18. The summed E-state index contributed by atoms with van der Waals surface area (Å²) >= 11 is 6.71. The van der Waals surface area contributed by atoms with E-state index in [4.69, 9.17) is 21.7 Å². The van der Waals surface area contributed by atoms with Crippen LogP contribution in [0.3, 0.4) is 0 Å². The number of aryl methyl sites for hydroxylation is 1. The molecule has 0 atom stereocenters. The third-order valence-corrected chi connectivity index (χ3v) is 4.20. The summed E-state index contributed by atoms with van der Waals surface area (Å²) in [5.74, 6) is 1.31. The van der Waals surface area contributed by atoms with Crippen molar-refractivity contribution in [3.63, 3.8) is 0 Å². The van der Waals surface area contributed by atoms with Crippen molar-refractivity contribution in [2.24, 2.45) is 5.10 Å². The van der Waals surface area contributed by atoms with Crippen molar-refractivity contribution < 1.29 is 9.47 Å². The van der Waals surface area contributed by atoms with Crippen LogP contribution >= 0.6 is 23.6 Å². The molecule has 1 aromatic carbocycles. The van der Waals surface area contributed by atoms with Gasteiger partial charge in [0.15, 0.2) is 16.6 Å². The van der Waals surface area contributed by atoms with Crippen LogP contribution in [-0.4, -0.2) is 30.0 Å². The molecule has 8 heteroatoms. The SMILES string of the molecule is CCCNC(=S)N/N=C\c1ccc(OCc2csc(C)n2)c(OC)c1. The van der Waals surface area contributed by atoms with E-state index in [0.717, 1.165) is 29.2 Å². The van der Waals surface area contributed by atoms with Crippen molar-refractivity contribution in [3.8, 4) is 11.5 Å². The van der Waals surface area contributed by atoms with Gasteiger partial charge in [-0.25, -0.2) is 4.98 Å². The number of thiocarbonyl (C=S) groups is 1. The Morgan fingerprint density at radius 3 is 2.92 bits per heavy atom. The van der Waals surface area contributed by atoms with Gasteiger partial charge in [0.2, 0.25) is 0 Å². The van der Waals surface area contributed by atoms with E-state index in [2.05, 4.69) is 27.8 Å². The fourth-order valence-electron chi connectivity index (χ4n) is 1.95. The van der Waals surface area contributed by atoms with Crippen LogP contribution in [0.1, 0.15) is 29.6 Å². The van der Waals surface area contributed by atoms with E-state index in [1.54, 1.807) is 24.7 Å². The highest BCUT2D eigenvalue weighted by atomic mass is 32.1. The van der Waals surface area contributed by atoms with Crippen LogP contribution in [0.4, 0.5) is 0 Å². The molecule has 2 N–H and O–H groups in total. The molecule has 0 unspecified atom stereocenters. The van der Waals surface area contributed by atoms with Crippen molar-refractivity contribution in [3.05, 3.63) is 39.8 Å². The first-order chi connectivity index (χ1) is 12.1. The van der Waals surface area contributed by atoms with E-state index < -0.39 is 0 Å². The van der Waals surface area contributed by atoms with Gasteiger partial charge in [0.1, 0.15) is 6.61 Å². The number of benzene rings is 1. The highest BCUT2D eigenvalue weighted by Crippen LogP contribution is 2.28. The molecule has 0 aliphatic heterocycles. The van der Waals surface area contributed by atoms with Crippen molar-refractivity contribution in [2.45, 2.75) is 26.9 Å². The Morgan fingerprint density at radius 2 is 2.24 bits per heavy atom. The van der Waals surface area contributed by atoms with E-state index in [-0.39, 0.29) is 0 Å². The normalized spacial score (nSPS) is 10.7. The molecule has 134 valence electrons. The van der Waals surface area contributed by atoms with Crippen LogP contribution < -0.4 is 20.2 Å². The number of hydrazone groups is 1. The zero-order valence-corrected chi connectivity index (χ0v) is 16.2. The third-order valence-electron chi connectivity index (χ3n) is 3.15. The van der Waals surface area contributed by atoms with Gasteiger partial charge >= 0.3 is 0 Å². The molecule has 0 saturated heterocycles. The van der Waals surface area contributed by atoms with Crippen LogP contribution in [0.2, 0.25) is 0 Å². The number of hydrogen-bond donors (Lipinski definition) is 2. The largest absolute Gasteiger partial charge is 0.493 e. The van der Waals surface area contributed by atoms with Crippen LogP contribution in [0.25, 0.3) is 0 Å². The molecule has 0 aliphatic carbocycles. The van der Waals surface area contributed by atoms with E-state index in [0.29, 0.717) is 23.2 Å². The summed E-state index contributed by atoms with van der Waals surface area (Å²) in [4.78, 5) is 4.38. The van der Waals surface area contributed by atoms with E-state index >= 15 is 0 Å². The van der Waals surface area contributed by atoms with Gasteiger partial charge in [-0.05, 0) is 49.3 Å². The average molecular weight is 379 g/mol. The standard InChI is InChI=1S/C17H22N4O2S2/c1-4-7-18-17(24)21-19-9-13-5-6-15(16(8-13)22-3)23-10-14-11-25-12(2)20-14/h5-6,8-9,11H,4,7,10H2,1-3H3,(H2,18,21,24)/b19-9-. The molecule has 0 amide bonds. The maximum absolute atomic E-state index is 5.80. The number of hydrogen-bond acceptors (Lipinski definition) is 6. The van der Waals surface area contributed by atoms with Crippen LogP contribution in [-0.2, 0) is 6.61 Å². The highest BCUT2D eigenvalue weighted by Gasteiger charge is 2.07. The summed E-state index contributed by atoms with van der Waals surface area (Å²) in [7, 11) is 1.61. The topological polar surface area (TPSA) is 67.8 Å². The summed E-state index contributed by atoms with van der Waals surface area (Å²) in [6, 6.07) is 5.61. The maximum atomic E-state index is 5.80. The second kappa shape index (κ2) is 9.95. The number of nitrogens with one attached hydrogen (secondary N) is 2. The predicted octanol–water partition coefficient (Wildman–Crippen LogP) is 3.25. The minimum atomic E-state index is 0.410. The molecule has 0 radical (unpaired) electrons. The molecule has 0 fully saturated rings. The van der Waals surface area contributed by atoms with Gasteiger partial charge < -0.3 is 14.8 Å². The number of nitrogens with zero attached hydrogens (tertiary/aromatic N) is 2. The Bertz CT molecular complexity index is 731. The lowest BCUT2D eigenvalue weighted by molar-refractivity contribution is 0.281. The molecular weight excluding hydrogens is 356 g/mol. The highest BCUT2D eigenvalue weighted by molar-refractivity contribution is 7.80. The van der Waals surface area contributed by atoms with Crippen molar-refractivity contribution in [2.75, 3.05) is 13.7 Å². The Labute approximate surface area is 157 Å². The number of thiazole rings is 1. The van der Waals surface area contributed by atoms with Crippen molar-refractivity contribution in [1.29, 1.82) is 0 Å². The van der Waals surface area contributed by atoms with Crippen molar-refractivity contribution in [1.82, 2.24) is 15.7 Å². The molecule has 0 saturated carbocycles. The molecule has 6 nitrogen and oxygen atoms in total. The Balaban J connectivity index is 1.94. The van der Waals surface area contributed by atoms with Crippen LogP contribution in [0, 0.1) is 6.92 Å². The first-order valence-corrected chi connectivity index (χ1v) is 9.20. The Kier molecular flexibility index (Phi) is 7.62. The smallest absolute Gasteiger partial charge is 0.186 e. The summed E-state index contributed by atoms with van der Waals surface area (Å²) in [5.41, 5.74) is 4.56. The number of methoxy groups -OCH3 is 1. The van der Waals surface area contributed by atoms with Gasteiger partial charge in [-0.2, -0.15) is 5.10 Å². The number of aromatic nitrogens is 1. The molecule has 1 heterocycles. The Hall–Kier alpha value is -2.19. The summed E-state index contributed by atoms with van der Waals surface area (Å²) in [6.07, 6.45) is 2.68. The van der Waals surface area contributed by atoms with Gasteiger partial charge in [-0.3, -0.25) is 5.43 Å². The lowest BCUT2D eigenvalue weighted by Gasteiger charge is -2.10. The zero-order valence-electron chi connectivity index (χ0n) is 14.5. The van der Waals surface area contributed by atoms with E-state index in [9.17, 15) is 0 Å². The fourth-order valence-corrected chi connectivity index (χ4v) is 2.71. The molecule has 0 spiro atoms. The van der Waals surface area contributed by atoms with Crippen molar-refractivity contribution >= 4 is 34.9 Å². The molecular formula is C17H22N4O2S2. The minimum Gasteiger partial charge on any atom is -0.493 e. The van der Waals surface area contributed by atoms with Crippen LogP contribution in [0.15, 0.2) is 28.7 Å². The summed E-state index contributed by atoms with van der Waals surface area (Å²) < 4.78 is 11.2. The molecule has 2 rings (SSSR count). The monoisotopic (exact) mass is 378 g/mol. The third kappa shape index (κ3) is 6.32. The zero-order chi connectivity index (χ0) is 18.1. The second-order valence-corrected chi connectivity index (χ2v) is 6.65. The lowest BCUT2D eigenvalue weighted by atomic mass is 10.2. The maximum Gasteiger partial charge on any atom is 0.186 e. The Morgan fingerprint density at radius 1 is 1.40 bits per heavy atom. The van der Waals surface area contributed by atoms with Gasteiger partial charge in [-0.15, -0.1) is 11.3 Å². The molecule has 25 heavy (non-hydrogen) atoms. The van der Waals surface area contributed by atoms with Gasteiger partial charge in [0.25, 0.3) is 0 Å². The van der Waals surface area contributed by atoms with Crippen LogP contribution in [0.5, 0.6) is 11.5 Å². The van der Waals surface area contributed by atoms with Gasteiger partial charge in [-0.1, -0.05) is 6.92 Å². The first-order valence-electron chi connectivity index (χ1n) is 7.91. The van der Waals surface area contributed by atoms with E-state index in [1.807, 2.05) is 30.5 Å². The lowest BCUT2D eigenvalue weighted by Crippen LogP contribution is -2.32. The fraction of sp³-hybridized carbons (Fsp3) is 0.353. The number of rotatable bonds is 8. The quantitative estimate of drug-likeness (QED) is 0.418. The van der Waals surface area contributed by atoms with Gasteiger partial charge in [0, 0.05) is 11.9 Å². The minimum absolute atomic E-state index is 0.410. The first kappa shape index (κ1) is 19.1. The van der Waals surface area contributed by atoms with E-state index in [1.165, 1.54) is 0 Å². The molecule has 0 bridgehead atoms. The predicted molar refractivity (Wildman–Crippen MR) is 106 cm³/mol. The number of ether oxygens (including phenoxy) is 2.